The Morgan fingerprint density at radius 2 is 2.04 bits per heavy atom. The molecule has 7 heteroatoms. The minimum Gasteiger partial charge on any atom is -0.465 e. The van der Waals surface area contributed by atoms with E-state index in [1.54, 1.807) is 11.1 Å². The summed E-state index contributed by atoms with van der Waals surface area (Å²) < 4.78 is 0.978. The Kier molecular flexibility index (Phi) is 3.75. The first-order valence-electron chi connectivity index (χ1n) is 8.14. The predicted molar refractivity (Wildman–Crippen MR) is 97.2 cm³/mol. The molecule has 2 bridgehead atoms. The van der Waals surface area contributed by atoms with E-state index in [1.165, 1.54) is 0 Å². The Morgan fingerprint density at radius 3 is 2.71 bits per heavy atom. The van der Waals surface area contributed by atoms with Gasteiger partial charge in [-0.3, -0.25) is 4.98 Å². The molecular formula is C17H19BrN4O2. The van der Waals surface area contributed by atoms with Gasteiger partial charge in [0.15, 0.2) is 0 Å². The normalized spacial score (nSPS) is 25.9. The van der Waals surface area contributed by atoms with E-state index < -0.39 is 6.09 Å². The van der Waals surface area contributed by atoms with E-state index in [1.807, 2.05) is 18.2 Å². The maximum absolute atomic E-state index is 11.4. The summed E-state index contributed by atoms with van der Waals surface area (Å²) >= 11 is 3.50. The van der Waals surface area contributed by atoms with Gasteiger partial charge in [-0.25, -0.2) is 4.79 Å². The molecule has 1 aromatic heterocycles. The number of nitrogens with one attached hydrogen (secondary N) is 1. The SMILES string of the molecule is Nc1cnc2ccc(Br)cc2c1NC1CC2CCC(C1)N2C(=O)O. The van der Waals surface area contributed by atoms with Crippen LogP contribution in [-0.4, -0.2) is 39.2 Å². The van der Waals surface area contributed by atoms with Crippen molar-refractivity contribution in [1.29, 1.82) is 0 Å². The van der Waals surface area contributed by atoms with Gasteiger partial charge in [-0.2, -0.15) is 0 Å². The number of benzene rings is 1. The van der Waals surface area contributed by atoms with Crippen LogP contribution in [0.4, 0.5) is 16.2 Å². The molecule has 1 amide bonds. The highest BCUT2D eigenvalue weighted by Crippen LogP contribution is 2.38. The topological polar surface area (TPSA) is 91.5 Å². The van der Waals surface area contributed by atoms with Gasteiger partial charge in [0.2, 0.25) is 0 Å². The van der Waals surface area contributed by atoms with Crippen LogP contribution in [0, 0.1) is 0 Å². The smallest absolute Gasteiger partial charge is 0.407 e. The minimum absolute atomic E-state index is 0.111. The van der Waals surface area contributed by atoms with Crippen molar-refractivity contribution in [2.24, 2.45) is 0 Å². The molecule has 0 aliphatic carbocycles. The zero-order valence-electron chi connectivity index (χ0n) is 13.1. The number of pyridine rings is 1. The lowest BCUT2D eigenvalue weighted by molar-refractivity contribution is 0.0994. The lowest BCUT2D eigenvalue weighted by atomic mass is 9.97. The largest absolute Gasteiger partial charge is 0.465 e. The van der Waals surface area contributed by atoms with Crippen molar-refractivity contribution < 1.29 is 9.90 Å². The molecule has 126 valence electrons. The fourth-order valence-corrected chi connectivity index (χ4v) is 4.51. The summed E-state index contributed by atoms with van der Waals surface area (Å²) in [6.45, 7) is 0. The monoisotopic (exact) mass is 390 g/mol. The number of anilines is 2. The second kappa shape index (κ2) is 5.81. The number of fused-ring (bicyclic) bond motifs is 3. The number of amides is 1. The molecule has 0 spiro atoms. The van der Waals surface area contributed by atoms with E-state index in [4.69, 9.17) is 5.73 Å². The molecule has 0 radical (unpaired) electrons. The van der Waals surface area contributed by atoms with Crippen molar-refractivity contribution in [2.75, 3.05) is 11.1 Å². The van der Waals surface area contributed by atoms with Gasteiger partial charge < -0.3 is 21.1 Å². The third-order valence-electron chi connectivity index (χ3n) is 5.16. The summed E-state index contributed by atoms with van der Waals surface area (Å²) in [4.78, 5) is 17.4. The van der Waals surface area contributed by atoms with E-state index in [0.717, 1.165) is 46.7 Å². The number of nitrogen functional groups attached to an aromatic ring is 1. The molecule has 2 unspecified atom stereocenters. The quantitative estimate of drug-likeness (QED) is 0.727. The van der Waals surface area contributed by atoms with E-state index in [9.17, 15) is 9.90 Å². The zero-order chi connectivity index (χ0) is 16.8. The van der Waals surface area contributed by atoms with Crippen LogP contribution >= 0.6 is 15.9 Å². The molecule has 2 fully saturated rings. The molecule has 2 saturated heterocycles. The maximum atomic E-state index is 11.4. The van der Waals surface area contributed by atoms with Crippen molar-refractivity contribution in [3.8, 4) is 0 Å². The van der Waals surface area contributed by atoms with Crippen LogP contribution < -0.4 is 11.1 Å². The highest BCUT2D eigenvalue weighted by atomic mass is 79.9. The Labute approximate surface area is 148 Å². The van der Waals surface area contributed by atoms with Crippen LogP contribution in [0.5, 0.6) is 0 Å². The van der Waals surface area contributed by atoms with Crippen molar-refractivity contribution in [3.05, 3.63) is 28.9 Å². The average molecular weight is 391 g/mol. The molecule has 2 atom stereocenters. The Bertz CT molecular complexity index is 793. The van der Waals surface area contributed by atoms with Crippen LogP contribution in [0.1, 0.15) is 25.7 Å². The van der Waals surface area contributed by atoms with Crippen LogP contribution in [-0.2, 0) is 0 Å². The molecule has 6 nitrogen and oxygen atoms in total. The number of nitrogens with zero attached hydrogens (tertiary/aromatic N) is 2. The van der Waals surface area contributed by atoms with Gasteiger partial charge in [-0.1, -0.05) is 15.9 Å². The highest BCUT2D eigenvalue weighted by Gasteiger charge is 2.43. The number of aromatic nitrogens is 1. The fraction of sp³-hybridized carbons (Fsp3) is 0.412. The molecule has 0 saturated carbocycles. The number of halogens is 1. The summed E-state index contributed by atoms with van der Waals surface area (Å²) in [5.74, 6) is 0. The summed E-state index contributed by atoms with van der Waals surface area (Å²) in [7, 11) is 0. The maximum Gasteiger partial charge on any atom is 0.407 e. The number of hydrogen-bond acceptors (Lipinski definition) is 4. The summed E-state index contributed by atoms with van der Waals surface area (Å²) in [6, 6.07) is 6.38. The van der Waals surface area contributed by atoms with Crippen LogP contribution in [0.15, 0.2) is 28.9 Å². The number of carbonyl (C=O) groups is 1. The van der Waals surface area contributed by atoms with Crippen LogP contribution in [0.25, 0.3) is 10.9 Å². The molecule has 1 aromatic carbocycles. The zero-order valence-corrected chi connectivity index (χ0v) is 14.7. The molecule has 4 N–H and O–H groups in total. The lowest BCUT2D eigenvalue weighted by Gasteiger charge is -2.38. The fourth-order valence-electron chi connectivity index (χ4n) is 4.15. The van der Waals surface area contributed by atoms with Crippen LogP contribution in [0.3, 0.4) is 0 Å². The Morgan fingerprint density at radius 1 is 1.33 bits per heavy atom. The van der Waals surface area contributed by atoms with Gasteiger partial charge in [-0.05, 0) is 43.9 Å². The first kappa shape index (κ1) is 15.5. The molecule has 2 aliphatic rings. The standard InChI is InChI=1S/C17H19BrN4O2/c18-9-1-4-15-13(5-9)16(14(19)8-20-15)21-10-6-11-2-3-12(7-10)22(11)17(23)24/h1,4-5,8,10-12H,2-3,6-7,19H2,(H,20,21)(H,23,24). The van der Waals surface area contributed by atoms with Crippen molar-refractivity contribution in [2.45, 2.75) is 43.8 Å². The average Bonchev–Trinajstić information content (AvgIpc) is 2.82. The molecule has 2 aromatic rings. The lowest BCUT2D eigenvalue weighted by Crippen LogP contribution is -2.49. The first-order valence-corrected chi connectivity index (χ1v) is 8.94. The molecular weight excluding hydrogens is 372 g/mol. The minimum atomic E-state index is -0.793. The number of carboxylic acid groups (broad SMARTS) is 1. The second-order valence-electron chi connectivity index (χ2n) is 6.64. The Balaban J connectivity index is 1.63. The number of rotatable bonds is 2. The number of hydrogen-bond donors (Lipinski definition) is 3. The van der Waals surface area contributed by atoms with Gasteiger partial charge in [0, 0.05) is 28.0 Å². The number of nitrogens with two attached hydrogens (primary N) is 1. The van der Waals surface area contributed by atoms with E-state index >= 15 is 0 Å². The first-order chi connectivity index (χ1) is 11.5. The van der Waals surface area contributed by atoms with Gasteiger partial charge >= 0.3 is 6.09 Å². The van der Waals surface area contributed by atoms with Crippen LogP contribution in [0.2, 0.25) is 0 Å². The van der Waals surface area contributed by atoms with E-state index in [0.29, 0.717) is 5.69 Å². The van der Waals surface area contributed by atoms with Gasteiger partial charge in [0.25, 0.3) is 0 Å². The number of piperidine rings is 1. The van der Waals surface area contributed by atoms with Crippen molar-refractivity contribution in [1.82, 2.24) is 9.88 Å². The molecule has 4 rings (SSSR count). The van der Waals surface area contributed by atoms with E-state index in [2.05, 4.69) is 26.2 Å². The van der Waals surface area contributed by atoms with Crippen molar-refractivity contribution >= 4 is 44.3 Å². The van der Waals surface area contributed by atoms with Gasteiger partial charge in [-0.15, -0.1) is 0 Å². The molecule has 2 aliphatic heterocycles. The summed E-state index contributed by atoms with van der Waals surface area (Å²) in [5.41, 5.74) is 8.58. The highest BCUT2D eigenvalue weighted by molar-refractivity contribution is 9.10. The molecule has 24 heavy (non-hydrogen) atoms. The second-order valence-corrected chi connectivity index (χ2v) is 7.55. The third kappa shape index (κ3) is 2.56. The molecule has 3 heterocycles. The van der Waals surface area contributed by atoms with Crippen molar-refractivity contribution in [3.63, 3.8) is 0 Å². The van der Waals surface area contributed by atoms with E-state index in [-0.39, 0.29) is 18.1 Å². The Hall–Kier alpha value is -2.02. The van der Waals surface area contributed by atoms with Gasteiger partial charge in [0.05, 0.1) is 23.1 Å². The third-order valence-corrected chi connectivity index (χ3v) is 5.66. The van der Waals surface area contributed by atoms with Gasteiger partial charge in [0.1, 0.15) is 0 Å². The summed E-state index contributed by atoms with van der Waals surface area (Å²) in [5, 5.41) is 13.9. The summed E-state index contributed by atoms with van der Waals surface area (Å²) in [6.07, 6.45) is 4.43. The predicted octanol–water partition coefficient (Wildman–Crippen LogP) is 3.66.